The van der Waals surface area contributed by atoms with Gasteiger partial charge in [0.2, 0.25) is 0 Å². The first-order valence-electron chi connectivity index (χ1n) is 8.81. The van der Waals surface area contributed by atoms with Gasteiger partial charge in [-0.05, 0) is 47.9 Å². The van der Waals surface area contributed by atoms with Crippen LogP contribution in [-0.4, -0.2) is 27.7 Å². The average molecular weight is 412 g/mol. The summed E-state index contributed by atoms with van der Waals surface area (Å²) >= 11 is 0. The molecule has 2 aromatic rings. The summed E-state index contributed by atoms with van der Waals surface area (Å²) < 4.78 is 42.5. The lowest BCUT2D eigenvalue weighted by atomic mass is 10.00. The van der Waals surface area contributed by atoms with Crippen molar-refractivity contribution in [2.24, 2.45) is 0 Å². The first-order chi connectivity index (χ1) is 12.6. The molecular formula is C19H25O6PS. The van der Waals surface area contributed by atoms with E-state index in [4.69, 9.17) is 14.3 Å². The Hall–Kier alpha value is -1.50. The van der Waals surface area contributed by atoms with E-state index in [1.165, 1.54) is 5.56 Å². The van der Waals surface area contributed by atoms with E-state index in [1.54, 1.807) is 0 Å². The second kappa shape index (κ2) is 9.13. The maximum Gasteiger partial charge on any atom is 0.346 e. The Kier molecular flexibility index (Phi) is 7.37. The van der Waals surface area contributed by atoms with E-state index in [2.05, 4.69) is 31.2 Å². The highest BCUT2D eigenvalue weighted by Gasteiger charge is 2.38. The van der Waals surface area contributed by atoms with Crippen LogP contribution in [-0.2, 0) is 27.5 Å². The monoisotopic (exact) mass is 412 g/mol. The van der Waals surface area contributed by atoms with Crippen LogP contribution >= 0.6 is 7.60 Å². The fourth-order valence-corrected chi connectivity index (χ4v) is 5.36. The van der Waals surface area contributed by atoms with Crippen LogP contribution in [0.2, 0.25) is 0 Å². The van der Waals surface area contributed by atoms with E-state index >= 15 is 0 Å². The Bertz CT molecular complexity index is 885. The molecule has 1 atom stereocenters. The van der Waals surface area contributed by atoms with Crippen LogP contribution in [0.15, 0.2) is 48.5 Å². The summed E-state index contributed by atoms with van der Waals surface area (Å²) in [6.07, 6.45) is 2.55. The molecule has 0 saturated carbocycles. The first-order valence-corrected chi connectivity index (χ1v) is 12.0. The smallest absolute Gasteiger partial charge is 0.323 e. The van der Waals surface area contributed by atoms with E-state index in [0.717, 1.165) is 29.5 Å². The van der Waals surface area contributed by atoms with Crippen molar-refractivity contribution in [1.82, 2.24) is 0 Å². The van der Waals surface area contributed by atoms with Gasteiger partial charge in [0.1, 0.15) is 0 Å². The zero-order chi connectivity index (χ0) is 20.1. The second-order valence-corrected chi connectivity index (χ2v) is 10.3. The summed E-state index contributed by atoms with van der Waals surface area (Å²) in [5, 5.41) is 0. The van der Waals surface area contributed by atoms with Gasteiger partial charge in [0.05, 0.1) is 0 Å². The largest absolute Gasteiger partial charge is 0.346 e. The third-order valence-electron chi connectivity index (χ3n) is 4.42. The Morgan fingerprint density at radius 2 is 1.33 bits per heavy atom. The number of aryl methyl sites for hydroxylation is 2. The number of hydrogen-bond acceptors (Lipinski definition) is 3. The van der Waals surface area contributed by atoms with Gasteiger partial charge >= 0.3 is 7.60 Å². The zero-order valence-corrected chi connectivity index (χ0v) is 16.9. The van der Waals surface area contributed by atoms with Gasteiger partial charge < -0.3 is 9.79 Å². The van der Waals surface area contributed by atoms with Gasteiger partial charge in [0, 0.05) is 0 Å². The first kappa shape index (κ1) is 21.8. The molecule has 0 fully saturated rings. The van der Waals surface area contributed by atoms with Crippen LogP contribution < -0.4 is 0 Å². The minimum Gasteiger partial charge on any atom is -0.323 e. The molecule has 3 N–H and O–H groups in total. The molecule has 2 rings (SSSR count). The normalized spacial score (nSPS) is 13.5. The van der Waals surface area contributed by atoms with Crippen molar-refractivity contribution in [1.29, 1.82) is 0 Å². The summed E-state index contributed by atoms with van der Waals surface area (Å²) in [5.74, 6) is 0. The SMILES string of the molecule is CCCc1ccc(-c2ccc(CCCC(P(=O)(O)O)S(=O)(=O)O)cc2)cc1. The molecule has 8 heteroatoms. The molecule has 0 radical (unpaired) electrons. The second-order valence-electron chi connectivity index (χ2n) is 6.59. The van der Waals surface area contributed by atoms with Crippen molar-refractivity contribution < 1.29 is 27.3 Å². The molecule has 0 aliphatic carbocycles. The molecule has 148 valence electrons. The van der Waals surface area contributed by atoms with Crippen LogP contribution in [0, 0.1) is 0 Å². The minimum atomic E-state index is -4.91. The maximum absolute atomic E-state index is 11.2. The molecule has 0 bridgehead atoms. The van der Waals surface area contributed by atoms with Crippen LogP contribution in [0.4, 0.5) is 0 Å². The maximum atomic E-state index is 11.2. The highest BCUT2D eigenvalue weighted by atomic mass is 32.2. The van der Waals surface area contributed by atoms with Gasteiger partial charge in [0.25, 0.3) is 10.1 Å². The van der Waals surface area contributed by atoms with Crippen molar-refractivity contribution in [3.63, 3.8) is 0 Å². The molecule has 0 heterocycles. The molecule has 0 amide bonds. The average Bonchev–Trinajstić information content (AvgIpc) is 2.58. The summed E-state index contributed by atoms with van der Waals surface area (Å²) in [4.78, 5) is 16.1. The quantitative estimate of drug-likeness (QED) is 0.424. The van der Waals surface area contributed by atoms with E-state index < -0.39 is 22.7 Å². The minimum absolute atomic E-state index is 0.237. The number of rotatable bonds is 9. The summed E-state index contributed by atoms with van der Waals surface area (Å²) in [6, 6.07) is 16.1. The van der Waals surface area contributed by atoms with E-state index in [0.29, 0.717) is 6.42 Å². The van der Waals surface area contributed by atoms with Crippen LogP contribution in [0.25, 0.3) is 11.1 Å². The summed E-state index contributed by atoms with van der Waals surface area (Å²) in [6.45, 7) is 2.14. The van der Waals surface area contributed by atoms with Crippen LogP contribution in [0.1, 0.15) is 37.3 Å². The molecule has 0 saturated heterocycles. The molecule has 27 heavy (non-hydrogen) atoms. The fraction of sp³-hybridized carbons (Fsp3) is 0.368. The Labute approximate surface area is 160 Å². The molecule has 6 nitrogen and oxygen atoms in total. The van der Waals surface area contributed by atoms with Crippen molar-refractivity contribution in [3.05, 3.63) is 59.7 Å². The zero-order valence-electron chi connectivity index (χ0n) is 15.2. The van der Waals surface area contributed by atoms with Gasteiger partial charge in [-0.1, -0.05) is 61.9 Å². The summed E-state index contributed by atoms with van der Waals surface area (Å²) in [5.41, 5.74) is 4.40. The summed E-state index contributed by atoms with van der Waals surface area (Å²) in [7, 11) is -9.70. The van der Waals surface area contributed by atoms with Crippen molar-refractivity contribution in [2.45, 2.75) is 44.0 Å². The molecular weight excluding hydrogens is 387 g/mol. The Balaban J connectivity index is 1.98. The number of hydrogen-bond donors (Lipinski definition) is 3. The van der Waals surface area contributed by atoms with E-state index in [1.807, 2.05) is 24.3 Å². The van der Waals surface area contributed by atoms with Gasteiger partial charge in [-0.25, -0.2) is 0 Å². The predicted octanol–water partition coefficient (Wildman–Crippen LogP) is 4.02. The third-order valence-corrected chi connectivity index (χ3v) is 7.97. The highest BCUT2D eigenvalue weighted by molar-refractivity contribution is 7.93. The predicted molar refractivity (Wildman–Crippen MR) is 106 cm³/mol. The molecule has 2 aromatic carbocycles. The highest BCUT2D eigenvalue weighted by Crippen LogP contribution is 2.46. The number of benzene rings is 2. The van der Waals surface area contributed by atoms with E-state index in [-0.39, 0.29) is 12.8 Å². The molecule has 0 aliphatic heterocycles. The van der Waals surface area contributed by atoms with Crippen LogP contribution in [0.5, 0.6) is 0 Å². The van der Waals surface area contributed by atoms with Gasteiger partial charge in [-0.15, -0.1) is 0 Å². The van der Waals surface area contributed by atoms with Crippen molar-refractivity contribution >= 4 is 17.7 Å². The van der Waals surface area contributed by atoms with E-state index in [9.17, 15) is 13.0 Å². The van der Waals surface area contributed by atoms with Crippen LogP contribution in [0.3, 0.4) is 0 Å². The third kappa shape index (κ3) is 6.55. The van der Waals surface area contributed by atoms with Crippen molar-refractivity contribution in [3.8, 4) is 11.1 Å². The fourth-order valence-electron chi connectivity index (χ4n) is 2.99. The van der Waals surface area contributed by atoms with Gasteiger partial charge in [0.15, 0.2) is 4.99 Å². The Morgan fingerprint density at radius 3 is 1.70 bits per heavy atom. The molecule has 0 aliphatic rings. The van der Waals surface area contributed by atoms with Gasteiger partial charge in [-0.3, -0.25) is 9.12 Å². The molecule has 0 spiro atoms. The standard InChI is InChI=1S/C19H25O6PS/c1-2-4-15-7-11-17(12-8-15)18-13-9-16(10-14-18)5-3-6-19(26(20,21)22)27(23,24)25/h7-14,19H,2-6H2,1H3,(H2,20,21,22)(H,23,24,25). The van der Waals surface area contributed by atoms with Crippen molar-refractivity contribution in [2.75, 3.05) is 0 Å². The topological polar surface area (TPSA) is 112 Å². The van der Waals surface area contributed by atoms with Gasteiger partial charge in [-0.2, -0.15) is 8.42 Å². The Morgan fingerprint density at radius 1 is 0.889 bits per heavy atom. The lowest BCUT2D eigenvalue weighted by molar-refractivity contribution is 0.360. The lowest BCUT2D eigenvalue weighted by Crippen LogP contribution is -2.20. The lowest BCUT2D eigenvalue weighted by Gasteiger charge is -2.15. The molecule has 0 aromatic heterocycles. The molecule has 1 unspecified atom stereocenters.